The molecule has 2 amide bonds. The first kappa shape index (κ1) is 16.3. The van der Waals surface area contributed by atoms with Crippen molar-refractivity contribution in [2.75, 3.05) is 19.8 Å². The smallest absolute Gasteiger partial charge is 0.410 e. The second kappa shape index (κ2) is 7.32. The van der Waals surface area contributed by atoms with Crippen LogP contribution in [0.25, 0.3) is 0 Å². The molecule has 1 atom stereocenters. The summed E-state index contributed by atoms with van der Waals surface area (Å²) in [7, 11) is 0. The molecule has 2 fully saturated rings. The van der Waals surface area contributed by atoms with Crippen LogP contribution in [0.2, 0.25) is 0 Å². The highest BCUT2D eigenvalue weighted by molar-refractivity contribution is 5.88. The van der Waals surface area contributed by atoms with Gasteiger partial charge in [0, 0.05) is 19.3 Å². The molecule has 2 heterocycles. The molecule has 3 rings (SSSR count). The van der Waals surface area contributed by atoms with Crippen LogP contribution in [0.1, 0.15) is 24.0 Å². The SMILES string of the molecule is N#Cc1cccc(CN2C(=O)OC[C@H]2C(=O)NC2CCOCC2)c1. The number of cyclic esters (lactones) is 1. The number of rotatable bonds is 4. The van der Waals surface area contributed by atoms with E-state index in [9.17, 15) is 9.59 Å². The van der Waals surface area contributed by atoms with E-state index in [1.807, 2.05) is 6.07 Å². The van der Waals surface area contributed by atoms with E-state index >= 15 is 0 Å². The molecule has 2 saturated heterocycles. The van der Waals surface area contributed by atoms with Gasteiger partial charge in [0.25, 0.3) is 0 Å². The lowest BCUT2D eigenvalue weighted by Crippen LogP contribution is -2.49. The summed E-state index contributed by atoms with van der Waals surface area (Å²) in [4.78, 5) is 25.9. The van der Waals surface area contributed by atoms with Gasteiger partial charge in [0.2, 0.25) is 5.91 Å². The Morgan fingerprint density at radius 3 is 2.92 bits per heavy atom. The van der Waals surface area contributed by atoms with Crippen LogP contribution in [0.5, 0.6) is 0 Å². The van der Waals surface area contributed by atoms with Gasteiger partial charge in [-0.05, 0) is 30.5 Å². The molecule has 0 saturated carbocycles. The lowest BCUT2D eigenvalue weighted by Gasteiger charge is -2.26. The molecule has 7 nitrogen and oxygen atoms in total. The van der Waals surface area contributed by atoms with Gasteiger partial charge in [-0.15, -0.1) is 0 Å². The number of ether oxygens (including phenoxy) is 2. The number of carbonyl (C=O) groups is 2. The van der Waals surface area contributed by atoms with E-state index in [1.165, 1.54) is 4.90 Å². The van der Waals surface area contributed by atoms with Gasteiger partial charge in [-0.1, -0.05) is 12.1 Å². The molecular weight excluding hydrogens is 310 g/mol. The molecule has 1 N–H and O–H groups in total. The molecule has 1 aromatic rings. The van der Waals surface area contributed by atoms with E-state index in [0.717, 1.165) is 18.4 Å². The fourth-order valence-electron chi connectivity index (χ4n) is 2.92. The van der Waals surface area contributed by atoms with Crippen molar-refractivity contribution in [2.24, 2.45) is 0 Å². The van der Waals surface area contributed by atoms with Crippen molar-refractivity contribution in [1.82, 2.24) is 10.2 Å². The Hall–Kier alpha value is -2.59. The minimum absolute atomic E-state index is 0.0474. The van der Waals surface area contributed by atoms with E-state index in [1.54, 1.807) is 18.2 Å². The van der Waals surface area contributed by atoms with E-state index in [2.05, 4.69) is 11.4 Å². The fourth-order valence-corrected chi connectivity index (χ4v) is 2.92. The lowest BCUT2D eigenvalue weighted by atomic mass is 10.1. The Bertz CT molecular complexity index is 664. The van der Waals surface area contributed by atoms with Gasteiger partial charge in [0.1, 0.15) is 12.6 Å². The minimum atomic E-state index is -0.647. The van der Waals surface area contributed by atoms with Gasteiger partial charge in [-0.3, -0.25) is 9.69 Å². The fraction of sp³-hybridized carbons (Fsp3) is 0.471. The summed E-state index contributed by atoms with van der Waals surface area (Å²) in [5.74, 6) is -0.204. The number of nitrogens with zero attached hydrogens (tertiary/aromatic N) is 2. The molecule has 2 aliphatic heterocycles. The lowest BCUT2D eigenvalue weighted by molar-refractivity contribution is -0.126. The third-order valence-corrected chi connectivity index (χ3v) is 4.25. The molecule has 1 aromatic carbocycles. The van der Waals surface area contributed by atoms with Crippen LogP contribution in [-0.2, 0) is 20.8 Å². The average molecular weight is 329 g/mol. The number of hydrogen-bond donors (Lipinski definition) is 1. The first-order chi connectivity index (χ1) is 11.7. The number of hydrogen-bond acceptors (Lipinski definition) is 5. The molecular formula is C17H19N3O4. The van der Waals surface area contributed by atoms with Gasteiger partial charge < -0.3 is 14.8 Å². The van der Waals surface area contributed by atoms with Crippen LogP contribution in [0.15, 0.2) is 24.3 Å². The Morgan fingerprint density at radius 2 is 2.17 bits per heavy atom. The molecule has 0 aromatic heterocycles. The van der Waals surface area contributed by atoms with Crippen molar-refractivity contribution in [3.8, 4) is 6.07 Å². The second-order valence-corrected chi connectivity index (χ2v) is 5.93. The number of benzene rings is 1. The van der Waals surface area contributed by atoms with E-state index in [4.69, 9.17) is 14.7 Å². The zero-order valence-electron chi connectivity index (χ0n) is 13.2. The first-order valence-electron chi connectivity index (χ1n) is 7.98. The van der Waals surface area contributed by atoms with Gasteiger partial charge in [0.05, 0.1) is 18.2 Å². The molecule has 126 valence electrons. The summed E-state index contributed by atoms with van der Waals surface area (Å²) >= 11 is 0. The van der Waals surface area contributed by atoms with Crippen molar-refractivity contribution < 1.29 is 19.1 Å². The number of nitriles is 1. The summed E-state index contributed by atoms with van der Waals surface area (Å²) in [5, 5.41) is 11.9. The molecule has 0 aliphatic carbocycles. The Morgan fingerprint density at radius 1 is 1.38 bits per heavy atom. The zero-order valence-corrected chi connectivity index (χ0v) is 13.2. The van der Waals surface area contributed by atoms with Gasteiger partial charge in [-0.2, -0.15) is 5.26 Å². The van der Waals surface area contributed by atoms with Gasteiger partial charge in [0.15, 0.2) is 0 Å². The summed E-state index contributed by atoms with van der Waals surface area (Å²) < 4.78 is 10.3. The maximum absolute atomic E-state index is 12.5. The van der Waals surface area contributed by atoms with Crippen molar-refractivity contribution in [3.63, 3.8) is 0 Å². The minimum Gasteiger partial charge on any atom is -0.447 e. The first-order valence-corrected chi connectivity index (χ1v) is 7.98. The summed E-state index contributed by atoms with van der Waals surface area (Å²) in [5.41, 5.74) is 1.31. The maximum atomic E-state index is 12.5. The molecule has 24 heavy (non-hydrogen) atoms. The average Bonchev–Trinajstić information content (AvgIpc) is 2.97. The van der Waals surface area contributed by atoms with Crippen molar-refractivity contribution >= 4 is 12.0 Å². The molecule has 0 radical (unpaired) electrons. The predicted molar refractivity (Wildman–Crippen MR) is 83.8 cm³/mol. The molecule has 0 unspecified atom stereocenters. The highest BCUT2D eigenvalue weighted by atomic mass is 16.6. The Kier molecular flexibility index (Phi) is 4.96. The quantitative estimate of drug-likeness (QED) is 0.895. The molecule has 0 bridgehead atoms. The van der Waals surface area contributed by atoms with E-state index in [0.29, 0.717) is 18.8 Å². The molecule has 2 aliphatic rings. The Labute approximate surface area is 140 Å². The summed E-state index contributed by atoms with van der Waals surface area (Å²) in [6, 6.07) is 8.47. The van der Waals surface area contributed by atoms with E-state index < -0.39 is 12.1 Å². The monoisotopic (exact) mass is 329 g/mol. The van der Waals surface area contributed by atoms with Crippen molar-refractivity contribution in [3.05, 3.63) is 35.4 Å². The zero-order chi connectivity index (χ0) is 16.9. The van der Waals surface area contributed by atoms with Crippen LogP contribution >= 0.6 is 0 Å². The number of amides is 2. The van der Waals surface area contributed by atoms with Crippen LogP contribution in [0.4, 0.5) is 4.79 Å². The standard InChI is InChI=1S/C17H19N3O4/c18-9-12-2-1-3-13(8-12)10-20-15(11-24-17(20)22)16(21)19-14-4-6-23-7-5-14/h1-3,8,14-15H,4-7,10-11H2,(H,19,21)/t15-/m0/s1. The topological polar surface area (TPSA) is 91.7 Å². The van der Waals surface area contributed by atoms with Gasteiger partial charge >= 0.3 is 6.09 Å². The van der Waals surface area contributed by atoms with Crippen molar-refractivity contribution in [1.29, 1.82) is 5.26 Å². The molecule has 0 spiro atoms. The van der Waals surface area contributed by atoms with Crippen LogP contribution < -0.4 is 5.32 Å². The summed E-state index contributed by atoms with van der Waals surface area (Å²) in [6.45, 7) is 1.55. The van der Waals surface area contributed by atoms with Crippen LogP contribution in [0.3, 0.4) is 0 Å². The second-order valence-electron chi connectivity index (χ2n) is 5.93. The van der Waals surface area contributed by atoms with Gasteiger partial charge in [-0.25, -0.2) is 4.79 Å². The third kappa shape index (κ3) is 3.66. The molecule has 7 heteroatoms. The highest BCUT2D eigenvalue weighted by Gasteiger charge is 2.38. The predicted octanol–water partition coefficient (Wildman–Crippen LogP) is 1.17. The Balaban J connectivity index is 1.67. The highest BCUT2D eigenvalue weighted by Crippen LogP contribution is 2.18. The summed E-state index contributed by atoms with van der Waals surface area (Å²) in [6.07, 6.45) is 1.04. The van der Waals surface area contributed by atoms with Crippen molar-refractivity contribution in [2.45, 2.75) is 31.5 Å². The number of carbonyl (C=O) groups excluding carboxylic acids is 2. The maximum Gasteiger partial charge on any atom is 0.410 e. The van der Waals surface area contributed by atoms with Crippen LogP contribution in [0, 0.1) is 11.3 Å². The third-order valence-electron chi connectivity index (χ3n) is 4.25. The number of nitrogens with one attached hydrogen (secondary N) is 1. The normalized spacial score (nSPS) is 21.2. The largest absolute Gasteiger partial charge is 0.447 e. The van der Waals surface area contributed by atoms with Crippen LogP contribution in [-0.4, -0.2) is 48.8 Å². The van der Waals surface area contributed by atoms with E-state index in [-0.39, 0.29) is 25.1 Å².